The van der Waals surface area contributed by atoms with Gasteiger partial charge in [0.05, 0.1) is 16.9 Å². The molecule has 0 spiro atoms. The van der Waals surface area contributed by atoms with Crippen molar-refractivity contribution in [2.75, 3.05) is 5.43 Å². The molecule has 22 heavy (non-hydrogen) atoms. The van der Waals surface area contributed by atoms with Gasteiger partial charge in [-0.2, -0.15) is 15.6 Å². The van der Waals surface area contributed by atoms with E-state index in [9.17, 15) is 0 Å². The zero-order valence-corrected chi connectivity index (χ0v) is 13.0. The van der Waals surface area contributed by atoms with Gasteiger partial charge in [-0.25, -0.2) is 0 Å². The molecular weight excluding hydrogens is 279 g/mol. The van der Waals surface area contributed by atoms with Crippen molar-refractivity contribution in [3.05, 3.63) is 24.3 Å². The number of nitrogens with one attached hydrogen (secondary N) is 1. The molecule has 0 aromatic heterocycles. The maximum Gasteiger partial charge on any atom is 0.494 e. The molecule has 0 atom stereocenters. The molecule has 0 unspecified atom stereocenters. The Kier molecular flexibility index (Phi) is 4.23. The molecule has 1 aliphatic rings. The predicted octanol–water partition coefficient (Wildman–Crippen LogP) is 1.80. The van der Waals surface area contributed by atoms with Crippen molar-refractivity contribution in [1.29, 1.82) is 10.5 Å². The van der Waals surface area contributed by atoms with Crippen molar-refractivity contribution in [2.24, 2.45) is 5.10 Å². The number of anilines is 1. The highest BCUT2D eigenvalue weighted by molar-refractivity contribution is 6.62. The molecule has 0 aliphatic carbocycles. The fourth-order valence-electron chi connectivity index (χ4n) is 1.89. The summed E-state index contributed by atoms with van der Waals surface area (Å²) in [5.74, 6) is 0. The largest absolute Gasteiger partial charge is 0.494 e. The lowest BCUT2D eigenvalue weighted by Gasteiger charge is -2.32. The summed E-state index contributed by atoms with van der Waals surface area (Å²) >= 11 is 0. The van der Waals surface area contributed by atoms with Crippen LogP contribution in [0.1, 0.15) is 27.7 Å². The monoisotopic (exact) mass is 296 g/mol. The molecule has 1 N–H and O–H groups in total. The molecule has 1 aromatic carbocycles. The number of nitrogens with zero attached hydrogens (tertiary/aromatic N) is 3. The minimum atomic E-state index is -0.420. The number of nitriles is 2. The number of rotatable bonds is 3. The lowest BCUT2D eigenvalue weighted by Crippen LogP contribution is -2.41. The second-order valence-corrected chi connectivity index (χ2v) is 6.01. The second kappa shape index (κ2) is 5.80. The summed E-state index contributed by atoms with van der Waals surface area (Å²) in [5.41, 5.74) is 3.24. The minimum Gasteiger partial charge on any atom is -0.399 e. The smallest absolute Gasteiger partial charge is 0.399 e. The lowest BCUT2D eigenvalue weighted by atomic mass is 9.79. The van der Waals surface area contributed by atoms with Crippen molar-refractivity contribution < 1.29 is 9.31 Å². The number of hydrogen-bond donors (Lipinski definition) is 1. The van der Waals surface area contributed by atoms with Gasteiger partial charge >= 0.3 is 7.12 Å². The van der Waals surface area contributed by atoms with Crippen LogP contribution in [-0.4, -0.2) is 24.0 Å². The Morgan fingerprint density at radius 3 is 2.00 bits per heavy atom. The summed E-state index contributed by atoms with van der Waals surface area (Å²) in [6.45, 7) is 8.01. The van der Waals surface area contributed by atoms with Gasteiger partial charge < -0.3 is 9.31 Å². The first-order chi connectivity index (χ1) is 10.3. The van der Waals surface area contributed by atoms with Crippen LogP contribution < -0.4 is 10.9 Å². The summed E-state index contributed by atoms with van der Waals surface area (Å²) in [5, 5.41) is 20.9. The van der Waals surface area contributed by atoms with Crippen molar-refractivity contribution in [1.82, 2.24) is 0 Å². The summed E-state index contributed by atoms with van der Waals surface area (Å²) in [6, 6.07) is 10.7. The van der Waals surface area contributed by atoms with Crippen molar-refractivity contribution in [3.8, 4) is 12.1 Å². The van der Waals surface area contributed by atoms with Crippen LogP contribution >= 0.6 is 0 Å². The highest BCUT2D eigenvalue weighted by Gasteiger charge is 2.51. The van der Waals surface area contributed by atoms with Crippen LogP contribution in [0.25, 0.3) is 0 Å². The van der Waals surface area contributed by atoms with Crippen LogP contribution in [0.3, 0.4) is 0 Å². The van der Waals surface area contributed by atoms with Crippen LogP contribution in [0.5, 0.6) is 0 Å². The van der Waals surface area contributed by atoms with E-state index in [4.69, 9.17) is 19.8 Å². The molecule has 0 saturated carbocycles. The third-order valence-corrected chi connectivity index (χ3v) is 3.94. The zero-order chi connectivity index (χ0) is 16.4. The number of hydrazone groups is 1. The maximum absolute atomic E-state index is 8.61. The van der Waals surface area contributed by atoms with E-state index in [1.807, 2.05) is 39.8 Å². The SMILES string of the molecule is CC1(C)OB(c2ccc(NN=C(C#N)C#N)cc2)OC1(C)C. The Balaban J connectivity index is 2.10. The van der Waals surface area contributed by atoms with E-state index >= 15 is 0 Å². The average molecular weight is 296 g/mol. The normalized spacial score (nSPS) is 18.2. The molecule has 1 heterocycles. The van der Waals surface area contributed by atoms with Crippen LogP contribution in [-0.2, 0) is 9.31 Å². The van der Waals surface area contributed by atoms with Gasteiger partial charge in [-0.05, 0) is 45.3 Å². The Morgan fingerprint density at radius 1 is 1.05 bits per heavy atom. The lowest BCUT2D eigenvalue weighted by molar-refractivity contribution is 0.00578. The molecule has 1 aromatic rings. The predicted molar refractivity (Wildman–Crippen MR) is 84.4 cm³/mol. The molecule has 6 nitrogen and oxygen atoms in total. The van der Waals surface area contributed by atoms with Crippen molar-refractivity contribution >= 4 is 24.0 Å². The van der Waals surface area contributed by atoms with E-state index in [-0.39, 0.29) is 16.9 Å². The maximum atomic E-state index is 8.61. The topological polar surface area (TPSA) is 90.4 Å². The van der Waals surface area contributed by atoms with Gasteiger partial charge in [-0.1, -0.05) is 12.1 Å². The number of benzene rings is 1. The van der Waals surface area contributed by atoms with Crippen LogP contribution in [0.4, 0.5) is 5.69 Å². The summed E-state index contributed by atoms with van der Waals surface area (Å²) in [4.78, 5) is 0. The van der Waals surface area contributed by atoms with Crippen LogP contribution in [0.15, 0.2) is 29.4 Å². The fourth-order valence-corrected chi connectivity index (χ4v) is 1.89. The molecular formula is C15H17BN4O2. The first kappa shape index (κ1) is 16.0. The van der Waals surface area contributed by atoms with Gasteiger partial charge in [0, 0.05) is 0 Å². The molecule has 1 aliphatic heterocycles. The quantitative estimate of drug-likeness (QED) is 0.522. The molecule has 7 heteroatoms. The standard InChI is InChI=1S/C15H17BN4O2/c1-14(2)15(3,4)22-16(21-14)11-5-7-12(8-6-11)19-20-13(9-17)10-18/h5-8,19H,1-4H3. The van der Waals surface area contributed by atoms with Crippen LogP contribution in [0, 0.1) is 22.7 Å². The highest BCUT2D eigenvalue weighted by Crippen LogP contribution is 2.36. The first-order valence-electron chi connectivity index (χ1n) is 6.88. The van der Waals surface area contributed by atoms with E-state index in [1.54, 1.807) is 24.3 Å². The zero-order valence-electron chi connectivity index (χ0n) is 13.0. The van der Waals surface area contributed by atoms with Gasteiger partial charge in [0.1, 0.15) is 12.1 Å². The Bertz CT molecular complexity index is 636. The second-order valence-electron chi connectivity index (χ2n) is 6.01. The Hall–Kier alpha value is -2.35. The third kappa shape index (κ3) is 3.11. The molecule has 0 amide bonds. The van der Waals surface area contributed by atoms with E-state index < -0.39 is 7.12 Å². The van der Waals surface area contributed by atoms with Gasteiger partial charge in [-0.15, -0.1) is 0 Å². The fraction of sp³-hybridized carbons (Fsp3) is 0.400. The van der Waals surface area contributed by atoms with Gasteiger partial charge in [-0.3, -0.25) is 5.43 Å². The van der Waals surface area contributed by atoms with Gasteiger partial charge in [0.15, 0.2) is 0 Å². The summed E-state index contributed by atoms with van der Waals surface area (Å²) in [6.07, 6.45) is 0. The van der Waals surface area contributed by atoms with Gasteiger partial charge in [0.25, 0.3) is 0 Å². The summed E-state index contributed by atoms with van der Waals surface area (Å²) < 4.78 is 11.9. The van der Waals surface area contributed by atoms with Crippen LogP contribution in [0.2, 0.25) is 0 Å². The average Bonchev–Trinajstić information content (AvgIpc) is 2.69. The highest BCUT2D eigenvalue weighted by atomic mass is 16.7. The Labute approximate surface area is 130 Å². The summed E-state index contributed by atoms with van der Waals surface area (Å²) in [7, 11) is -0.420. The molecule has 0 bridgehead atoms. The molecule has 112 valence electrons. The third-order valence-electron chi connectivity index (χ3n) is 3.94. The van der Waals surface area contributed by atoms with E-state index in [1.165, 1.54) is 0 Å². The molecule has 0 radical (unpaired) electrons. The van der Waals surface area contributed by atoms with E-state index in [2.05, 4.69) is 10.5 Å². The number of hydrogen-bond acceptors (Lipinski definition) is 6. The molecule has 1 saturated heterocycles. The van der Waals surface area contributed by atoms with Gasteiger partial charge in [0.2, 0.25) is 5.71 Å². The minimum absolute atomic E-state index is 0.227. The van der Waals surface area contributed by atoms with Crippen molar-refractivity contribution in [2.45, 2.75) is 38.9 Å². The first-order valence-corrected chi connectivity index (χ1v) is 6.88. The molecule has 2 rings (SSSR count). The van der Waals surface area contributed by atoms with Crippen molar-refractivity contribution in [3.63, 3.8) is 0 Å². The van der Waals surface area contributed by atoms with E-state index in [0.29, 0.717) is 5.69 Å². The molecule has 1 fully saturated rings. The Morgan fingerprint density at radius 2 is 1.55 bits per heavy atom. The van der Waals surface area contributed by atoms with E-state index in [0.717, 1.165) is 5.46 Å².